The Kier molecular flexibility index (Phi) is 3.86. The molecular weight excluding hydrogens is 191 g/mol. The molecule has 1 heterocycles. The van der Waals surface area contributed by atoms with Crippen LogP contribution in [0.4, 0.5) is 4.39 Å². The summed E-state index contributed by atoms with van der Waals surface area (Å²) in [6, 6.07) is 1.34. The number of aromatic nitrogens is 1. The molecule has 1 aromatic heterocycles. The van der Waals surface area contributed by atoms with Crippen LogP contribution in [-0.2, 0) is 0 Å². The van der Waals surface area contributed by atoms with Crippen LogP contribution in [0.25, 0.3) is 6.08 Å². The largest absolute Gasteiger partial charge is 0.330 e. The van der Waals surface area contributed by atoms with E-state index in [2.05, 4.69) is 4.98 Å². The lowest BCUT2D eigenvalue weighted by Crippen LogP contribution is -1.95. The fourth-order valence-corrected chi connectivity index (χ4v) is 1.03. The number of nitrogens with two attached hydrogens (primary N) is 1. The van der Waals surface area contributed by atoms with Gasteiger partial charge < -0.3 is 5.73 Å². The smallest absolute Gasteiger partial charge is 0.142 e. The predicted octanol–water partition coefficient (Wildman–Crippen LogP) is 2.24. The molecule has 0 fully saturated rings. The summed E-state index contributed by atoms with van der Waals surface area (Å²) >= 11 is 5.71. The Morgan fingerprint density at radius 1 is 1.62 bits per heavy atom. The fourth-order valence-electron chi connectivity index (χ4n) is 0.862. The van der Waals surface area contributed by atoms with Crippen molar-refractivity contribution in [2.75, 3.05) is 6.54 Å². The molecule has 13 heavy (non-hydrogen) atoms. The fraction of sp³-hybridized carbons (Fsp3) is 0.222. The Bertz CT molecular complexity index is 312. The molecule has 0 unspecified atom stereocenters. The van der Waals surface area contributed by atoms with E-state index in [1.807, 2.05) is 6.08 Å². The Morgan fingerprint density at radius 3 is 3.08 bits per heavy atom. The third-order valence-electron chi connectivity index (χ3n) is 1.46. The molecule has 1 aromatic rings. The first-order valence-corrected chi connectivity index (χ1v) is 4.29. The zero-order valence-corrected chi connectivity index (χ0v) is 7.76. The van der Waals surface area contributed by atoms with Gasteiger partial charge in [0.25, 0.3) is 0 Å². The minimum atomic E-state index is -0.392. The Balaban J connectivity index is 2.81. The van der Waals surface area contributed by atoms with E-state index in [0.29, 0.717) is 17.3 Å². The molecule has 0 saturated carbocycles. The molecule has 2 nitrogen and oxygen atoms in total. The molecule has 0 aliphatic carbocycles. The molecule has 0 aromatic carbocycles. The number of halogens is 2. The molecule has 0 atom stereocenters. The molecule has 1 rings (SSSR count). The summed E-state index contributed by atoms with van der Waals surface area (Å²) < 4.78 is 12.7. The van der Waals surface area contributed by atoms with Crippen LogP contribution in [0.1, 0.15) is 12.0 Å². The highest BCUT2D eigenvalue weighted by atomic mass is 35.5. The first-order chi connectivity index (χ1) is 6.24. The zero-order valence-electron chi connectivity index (χ0n) is 7.00. The monoisotopic (exact) mass is 200 g/mol. The van der Waals surface area contributed by atoms with Crippen LogP contribution in [-0.4, -0.2) is 11.5 Å². The Hall–Kier alpha value is -0.930. The lowest BCUT2D eigenvalue weighted by atomic mass is 10.2. The SMILES string of the molecule is NCCC=Cc1cc(F)cnc1Cl. The second-order valence-corrected chi connectivity index (χ2v) is 2.87. The molecule has 0 aliphatic heterocycles. The van der Waals surface area contributed by atoms with Gasteiger partial charge in [0.2, 0.25) is 0 Å². The highest BCUT2D eigenvalue weighted by Crippen LogP contribution is 2.15. The van der Waals surface area contributed by atoms with Crippen molar-refractivity contribution in [1.82, 2.24) is 4.98 Å². The van der Waals surface area contributed by atoms with Gasteiger partial charge in [0.1, 0.15) is 11.0 Å². The number of rotatable bonds is 3. The van der Waals surface area contributed by atoms with E-state index in [0.717, 1.165) is 12.6 Å². The van der Waals surface area contributed by atoms with E-state index in [9.17, 15) is 4.39 Å². The average Bonchev–Trinajstić information content (AvgIpc) is 2.11. The molecule has 70 valence electrons. The van der Waals surface area contributed by atoms with Gasteiger partial charge in [-0.05, 0) is 19.0 Å². The maximum atomic E-state index is 12.7. The molecule has 2 N–H and O–H groups in total. The van der Waals surface area contributed by atoms with Crippen molar-refractivity contribution in [3.8, 4) is 0 Å². The average molecular weight is 201 g/mol. The topological polar surface area (TPSA) is 38.9 Å². The summed E-state index contributed by atoms with van der Waals surface area (Å²) in [5.41, 5.74) is 5.87. The van der Waals surface area contributed by atoms with Gasteiger partial charge in [0.05, 0.1) is 6.20 Å². The van der Waals surface area contributed by atoms with Crippen LogP contribution in [0.2, 0.25) is 5.15 Å². The minimum absolute atomic E-state index is 0.301. The molecule has 0 radical (unpaired) electrons. The first kappa shape index (κ1) is 10.2. The molecule has 0 spiro atoms. The van der Waals surface area contributed by atoms with Crippen molar-refractivity contribution >= 4 is 17.7 Å². The summed E-state index contributed by atoms with van der Waals surface area (Å²) in [6.07, 6.45) is 5.38. The summed E-state index contributed by atoms with van der Waals surface area (Å²) in [5, 5.41) is 0.301. The molecular formula is C9H10ClFN2. The van der Waals surface area contributed by atoms with Gasteiger partial charge in [-0.2, -0.15) is 0 Å². The number of nitrogens with zero attached hydrogens (tertiary/aromatic N) is 1. The number of pyridine rings is 1. The third-order valence-corrected chi connectivity index (χ3v) is 1.78. The highest BCUT2D eigenvalue weighted by molar-refractivity contribution is 6.30. The van der Waals surface area contributed by atoms with Crippen LogP contribution in [0.15, 0.2) is 18.3 Å². The summed E-state index contributed by atoms with van der Waals surface area (Å²) in [6.45, 7) is 0.566. The van der Waals surface area contributed by atoms with Gasteiger partial charge in [-0.3, -0.25) is 0 Å². The highest BCUT2D eigenvalue weighted by Gasteiger charge is 1.98. The second-order valence-electron chi connectivity index (χ2n) is 2.51. The van der Waals surface area contributed by atoms with Gasteiger partial charge in [-0.1, -0.05) is 23.8 Å². The summed E-state index contributed by atoms with van der Waals surface area (Å²) in [7, 11) is 0. The van der Waals surface area contributed by atoms with Gasteiger partial charge in [-0.15, -0.1) is 0 Å². The van der Waals surface area contributed by atoms with Crippen molar-refractivity contribution in [3.05, 3.63) is 34.9 Å². The maximum absolute atomic E-state index is 12.7. The van der Waals surface area contributed by atoms with Crippen molar-refractivity contribution < 1.29 is 4.39 Å². The normalized spacial score (nSPS) is 11.0. The van der Waals surface area contributed by atoms with E-state index in [4.69, 9.17) is 17.3 Å². The van der Waals surface area contributed by atoms with Gasteiger partial charge in [-0.25, -0.2) is 9.37 Å². The van der Waals surface area contributed by atoms with Crippen molar-refractivity contribution in [2.24, 2.45) is 5.73 Å². The predicted molar refractivity (Wildman–Crippen MR) is 51.9 cm³/mol. The summed E-state index contributed by atoms with van der Waals surface area (Å²) in [5.74, 6) is -0.392. The van der Waals surface area contributed by atoms with Crippen LogP contribution >= 0.6 is 11.6 Å². The van der Waals surface area contributed by atoms with Gasteiger partial charge >= 0.3 is 0 Å². The van der Waals surface area contributed by atoms with Crippen LogP contribution in [0.3, 0.4) is 0 Å². The number of hydrogen-bond acceptors (Lipinski definition) is 2. The third kappa shape index (κ3) is 3.13. The maximum Gasteiger partial charge on any atom is 0.142 e. The van der Waals surface area contributed by atoms with Gasteiger partial charge in [0.15, 0.2) is 0 Å². The van der Waals surface area contributed by atoms with E-state index in [1.54, 1.807) is 6.08 Å². The zero-order chi connectivity index (χ0) is 9.68. The van der Waals surface area contributed by atoms with E-state index >= 15 is 0 Å². The number of hydrogen-bond donors (Lipinski definition) is 1. The van der Waals surface area contributed by atoms with Crippen LogP contribution in [0.5, 0.6) is 0 Å². The van der Waals surface area contributed by atoms with E-state index in [-0.39, 0.29) is 0 Å². The van der Waals surface area contributed by atoms with E-state index in [1.165, 1.54) is 6.07 Å². The molecule has 0 bridgehead atoms. The van der Waals surface area contributed by atoms with Crippen molar-refractivity contribution in [3.63, 3.8) is 0 Å². The standard InChI is InChI=1S/C9H10ClFN2/c10-9-7(3-1-2-4-12)5-8(11)6-13-9/h1,3,5-6H,2,4,12H2. The van der Waals surface area contributed by atoms with Crippen LogP contribution in [0, 0.1) is 5.82 Å². The molecule has 0 amide bonds. The van der Waals surface area contributed by atoms with Gasteiger partial charge in [0, 0.05) is 5.56 Å². The second kappa shape index (κ2) is 4.94. The molecule has 0 saturated heterocycles. The van der Waals surface area contributed by atoms with E-state index < -0.39 is 5.82 Å². The minimum Gasteiger partial charge on any atom is -0.330 e. The molecule has 4 heteroatoms. The lowest BCUT2D eigenvalue weighted by Gasteiger charge is -1.96. The Labute approximate surface area is 81.2 Å². The van der Waals surface area contributed by atoms with Crippen molar-refractivity contribution in [1.29, 1.82) is 0 Å². The lowest BCUT2D eigenvalue weighted by molar-refractivity contribution is 0.621. The first-order valence-electron chi connectivity index (χ1n) is 3.91. The van der Waals surface area contributed by atoms with Crippen molar-refractivity contribution in [2.45, 2.75) is 6.42 Å². The summed E-state index contributed by atoms with van der Waals surface area (Å²) in [4.78, 5) is 3.67. The Morgan fingerprint density at radius 2 is 2.38 bits per heavy atom. The quantitative estimate of drug-likeness (QED) is 0.760. The van der Waals surface area contributed by atoms with Crippen LogP contribution < -0.4 is 5.73 Å². The molecule has 0 aliphatic rings.